The largest absolute Gasteiger partial charge is 0.487 e. The van der Waals surface area contributed by atoms with Crippen molar-refractivity contribution in [2.24, 2.45) is 0 Å². The molecule has 7 heteroatoms. The topological polar surface area (TPSA) is 69.5 Å². The molecule has 164 valence electrons. The molecule has 0 N–H and O–H groups in total. The smallest absolute Gasteiger partial charge is 0.231 e. The molecular formula is C25H26N4O3. The van der Waals surface area contributed by atoms with Gasteiger partial charge in [0.05, 0.1) is 18.3 Å². The van der Waals surface area contributed by atoms with E-state index in [9.17, 15) is 4.79 Å². The summed E-state index contributed by atoms with van der Waals surface area (Å²) in [6.07, 6.45) is 6.26. The molecule has 0 spiro atoms. The minimum absolute atomic E-state index is 0.118. The molecule has 1 fully saturated rings. The van der Waals surface area contributed by atoms with Crippen LogP contribution in [0.5, 0.6) is 11.5 Å². The number of hydrogen-bond acceptors (Lipinski definition) is 6. The summed E-state index contributed by atoms with van der Waals surface area (Å²) in [5.74, 6) is 1.34. The quantitative estimate of drug-likeness (QED) is 0.530. The number of aryl methyl sites for hydroxylation is 1. The number of likely N-dealkylation sites (tertiary alicyclic amines) is 1. The molecule has 0 saturated carbocycles. The van der Waals surface area contributed by atoms with Gasteiger partial charge in [-0.1, -0.05) is 35.0 Å². The van der Waals surface area contributed by atoms with Crippen molar-refractivity contribution in [3.8, 4) is 11.5 Å². The second-order valence-electron chi connectivity index (χ2n) is 8.32. The van der Waals surface area contributed by atoms with Gasteiger partial charge in [-0.15, -0.1) is 5.10 Å². The van der Waals surface area contributed by atoms with Crippen molar-refractivity contribution in [1.82, 2.24) is 19.9 Å². The molecule has 32 heavy (non-hydrogen) atoms. The fourth-order valence-electron chi connectivity index (χ4n) is 3.99. The van der Waals surface area contributed by atoms with Gasteiger partial charge < -0.3 is 14.4 Å². The Morgan fingerprint density at radius 2 is 1.91 bits per heavy atom. The second kappa shape index (κ2) is 8.96. The number of carbonyl (C=O) groups excluding carboxylic acids is 1. The first-order chi connectivity index (χ1) is 15.6. The molecule has 1 saturated heterocycles. The van der Waals surface area contributed by atoms with Gasteiger partial charge in [-0.3, -0.25) is 9.48 Å². The molecule has 0 unspecified atom stereocenters. The number of rotatable bonds is 7. The Kier molecular flexibility index (Phi) is 5.73. The average Bonchev–Trinajstić information content (AvgIpc) is 3.54. The number of Topliss-reactive ketones (excluding diaryl/α,β-unsaturated/α-hetero) is 1. The molecule has 1 aromatic heterocycles. The molecule has 2 aliphatic rings. The minimum atomic E-state index is -0.118. The fourth-order valence-corrected chi connectivity index (χ4v) is 3.99. The maximum absolute atomic E-state index is 12.7. The second-order valence-corrected chi connectivity index (χ2v) is 8.32. The van der Waals surface area contributed by atoms with Crippen LogP contribution in [0, 0.1) is 6.92 Å². The van der Waals surface area contributed by atoms with Gasteiger partial charge in [0, 0.05) is 12.6 Å². The Morgan fingerprint density at radius 3 is 2.72 bits per heavy atom. The van der Waals surface area contributed by atoms with Crippen molar-refractivity contribution < 1.29 is 14.3 Å². The monoisotopic (exact) mass is 430 g/mol. The predicted octanol–water partition coefficient (Wildman–Crippen LogP) is 3.88. The molecule has 0 aliphatic carbocycles. The third kappa shape index (κ3) is 4.57. The van der Waals surface area contributed by atoms with Crippen LogP contribution in [0.2, 0.25) is 0 Å². The van der Waals surface area contributed by atoms with Crippen molar-refractivity contribution in [1.29, 1.82) is 0 Å². The van der Waals surface area contributed by atoms with E-state index in [1.54, 1.807) is 24.3 Å². The lowest BCUT2D eigenvalue weighted by molar-refractivity contribution is 0.101. The highest BCUT2D eigenvalue weighted by Crippen LogP contribution is 2.35. The third-order valence-electron chi connectivity index (χ3n) is 5.83. The van der Waals surface area contributed by atoms with Crippen LogP contribution in [-0.4, -0.2) is 45.3 Å². The Labute approximate surface area is 187 Å². The third-order valence-corrected chi connectivity index (χ3v) is 5.83. The zero-order valence-corrected chi connectivity index (χ0v) is 18.2. The molecule has 7 nitrogen and oxygen atoms in total. The highest BCUT2D eigenvalue weighted by molar-refractivity contribution is 6.14. The van der Waals surface area contributed by atoms with Crippen LogP contribution in [0.15, 0.2) is 54.4 Å². The van der Waals surface area contributed by atoms with E-state index < -0.39 is 0 Å². The number of ether oxygens (including phenoxy) is 2. The first-order valence-electron chi connectivity index (χ1n) is 11.0. The number of fused-ring (bicyclic) bond motifs is 1. The Bertz CT molecular complexity index is 1140. The van der Waals surface area contributed by atoms with Crippen LogP contribution in [0.4, 0.5) is 0 Å². The molecule has 0 bridgehead atoms. The van der Waals surface area contributed by atoms with Gasteiger partial charge in [0.25, 0.3) is 0 Å². The lowest BCUT2D eigenvalue weighted by atomic mass is 10.1. The lowest BCUT2D eigenvalue weighted by Gasteiger charge is -2.13. The molecule has 2 aliphatic heterocycles. The number of carbonyl (C=O) groups is 1. The number of hydrogen-bond donors (Lipinski definition) is 0. The van der Waals surface area contributed by atoms with Crippen LogP contribution in [0.3, 0.4) is 0 Å². The maximum atomic E-state index is 12.7. The summed E-state index contributed by atoms with van der Waals surface area (Å²) in [5, 5.41) is 8.40. The zero-order valence-electron chi connectivity index (χ0n) is 18.2. The van der Waals surface area contributed by atoms with Gasteiger partial charge in [0.1, 0.15) is 23.8 Å². The van der Waals surface area contributed by atoms with E-state index in [1.807, 2.05) is 42.1 Å². The van der Waals surface area contributed by atoms with E-state index in [4.69, 9.17) is 9.47 Å². The molecule has 0 radical (unpaired) electrons. The lowest BCUT2D eigenvalue weighted by Crippen LogP contribution is -2.24. The van der Waals surface area contributed by atoms with Crippen LogP contribution in [-0.2, 0) is 13.2 Å². The molecule has 0 atom stereocenters. The van der Waals surface area contributed by atoms with Gasteiger partial charge in [-0.25, -0.2) is 0 Å². The van der Waals surface area contributed by atoms with Crippen LogP contribution in [0.25, 0.3) is 6.08 Å². The first-order valence-corrected chi connectivity index (χ1v) is 11.0. The molecular weight excluding hydrogens is 404 g/mol. The minimum Gasteiger partial charge on any atom is -0.487 e. The van der Waals surface area contributed by atoms with Crippen molar-refractivity contribution in [3.63, 3.8) is 0 Å². The van der Waals surface area contributed by atoms with Gasteiger partial charge in [0.2, 0.25) is 5.78 Å². The fraction of sp³-hybridized carbons (Fsp3) is 0.320. The predicted molar refractivity (Wildman–Crippen MR) is 121 cm³/mol. The van der Waals surface area contributed by atoms with Crippen LogP contribution < -0.4 is 9.47 Å². The number of allylic oxidation sites excluding steroid dienone is 1. The molecule has 3 aromatic rings. The normalized spacial score (nSPS) is 17.0. The van der Waals surface area contributed by atoms with Crippen molar-refractivity contribution in [2.45, 2.75) is 32.9 Å². The average molecular weight is 431 g/mol. The summed E-state index contributed by atoms with van der Waals surface area (Å²) in [4.78, 5) is 15.1. The summed E-state index contributed by atoms with van der Waals surface area (Å²) in [6.45, 7) is 6.52. The summed E-state index contributed by atoms with van der Waals surface area (Å²) in [6, 6.07) is 13.2. The van der Waals surface area contributed by atoms with Gasteiger partial charge in [-0.2, -0.15) is 0 Å². The molecule has 0 amide bonds. The summed E-state index contributed by atoms with van der Waals surface area (Å²) < 4.78 is 13.6. The van der Waals surface area contributed by atoms with Crippen LogP contribution >= 0.6 is 0 Å². The van der Waals surface area contributed by atoms with E-state index in [0.29, 0.717) is 29.4 Å². The van der Waals surface area contributed by atoms with Gasteiger partial charge in [-0.05, 0) is 56.6 Å². The van der Waals surface area contributed by atoms with Crippen molar-refractivity contribution in [3.05, 3.63) is 76.8 Å². The van der Waals surface area contributed by atoms with Gasteiger partial charge in [0.15, 0.2) is 5.76 Å². The van der Waals surface area contributed by atoms with E-state index in [-0.39, 0.29) is 5.78 Å². The zero-order chi connectivity index (χ0) is 21.9. The molecule has 5 rings (SSSR count). The highest BCUT2D eigenvalue weighted by atomic mass is 16.5. The molecule has 3 heterocycles. The summed E-state index contributed by atoms with van der Waals surface area (Å²) in [7, 11) is 0. The number of benzene rings is 2. The highest BCUT2D eigenvalue weighted by Gasteiger charge is 2.27. The van der Waals surface area contributed by atoms with E-state index >= 15 is 0 Å². The Balaban J connectivity index is 1.19. The Morgan fingerprint density at radius 1 is 1.09 bits per heavy atom. The Hall–Kier alpha value is -3.45. The number of nitrogens with zero attached hydrogens (tertiary/aromatic N) is 4. The SMILES string of the molecule is Cc1ccc(/C=C2\Oc3cc(OCc4cn(CCN5CCCC5)nn4)ccc3C2=O)cc1. The van der Waals surface area contributed by atoms with E-state index in [2.05, 4.69) is 15.2 Å². The first kappa shape index (κ1) is 20.5. The number of aromatic nitrogens is 3. The maximum Gasteiger partial charge on any atom is 0.231 e. The molecule has 2 aromatic carbocycles. The van der Waals surface area contributed by atoms with Gasteiger partial charge >= 0.3 is 0 Å². The standard InChI is InChI=1S/C25H26N4O3/c1-18-4-6-19(7-5-18)14-24-25(30)22-9-8-21(15-23(22)32-24)31-17-20-16-29(27-26-20)13-12-28-10-2-3-11-28/h4-9,14-16H,2-3,10-13,17H2,1H3/b24-14-. The van der Waals surface area contributed by atoms with Crippen molar-refractivity contribution in [2.75, 3.05) is 19.6 Å². The summed E-state index contributed by atoms with van der Waals surface area (Å²) in [5.41, 5.74) is 3.41. The van der Waals surface area contributed by atoms with E-state index in [1.165, 1.54) is 31.5 Å². The number of ketones is 1. The van der Waals surface area contributed by atoms with Crippen LogP contribution in [0.1, 0.15) is 40.0 Å². The van der Waals surface area contributed by atoms with Crippen molar-refractivity contribution >= 4 is 11.9 Å². The van der Waals surface area contributed by atoms with E-state index in [0.717, 1.165) is 24.3 Å². The summed E-state index contributed by atoms with van der Waals surface area (Å²) >= 11 is 0.